The molecular formula is C23H28NO3Si+. The average Bonchev–Trinajstić information content (AvgIpc) is 2.76. The van der Waals surface area contributed by atoms with Gasteiger partial charge in [-0.3, -0.25) is 0 Å². The van der Waals surface area contributed by atoms with Crippen LogP contribution in [0.3, 0.4) is 0 Å². The summed E-state index contributed by atoms with van der Waals surface area (Å²) < 4.78 is 18.6. The van der Waals surface area contributed by atoms with Crippen LogP contribution in [0.5, 0.6) is 0 Å². The highest BCUT2D eigenvalue weighted by Crippen LogP contribution is 2.20. The van der Waals surface area contributed by atoms with Crippen LogP contribution in [0.1, 0.15) is 17.5 Å². The molecule has 0 amide bonds. The monoisotopic (exact) mass is 394 g/mol. The predicted molar refractivity (Wildman–Crippen MR) is 116 cm³/mol. The van der Waals surface area contributed by atoms with Crippen LogP contribution in [-0.2, 0) is 19.8 Å². The van der Waals surface area contributed by atoms with E-state index < -0.39 is 8.80 Å². The Morgan fingerprint density at radius 3 is 2.21 bits per heavy atom. The van der Waals surface area contributed by atoms with E-state index in [9.17, 15) is 0 Å². The summed E-state index contributed by atoms with van der Waals surface area (Å²) in [6, 6.07) is 19.9. The van der Waals surface area contributed by atoms with Crippen molar-refractivity contribution in [2.24, 2.45) is 0 Å². The number of nitrogens with zero attached hydrogens (tertiary/aromatic N) is 1. The van der Waals surface area contributed by atoms with Gasteiger partial charge in [-0.25, -0.2) is 4.57 Å². The Hall–Kier alpha value is -2.31. The van der Waals surface area contributed by atoms with Crippen molar-refractivity contribution in [2.75, 3.05) is 21.3 Å². The third-order valence-corrected chi connectivity index (χ3v) is 7.86. The fourth-order valence-corrected chi connectivity index (χ4v) is 5.05. The lowest BCUT2D eigenvalue weighted by molar-refractivity contribution is -0.697. The molecular weight excluding hydrogens is 366 g/mol. The highest BCUT2D eigenvalue weighted by atomic mass is 28.4. The van der Waals surface area contributed by atoms with Crippen molar-refractivity contribution in [1.82, 2.24) is 0 Å². The molecule has 146 valence electrons. The Morgan fingerprint density at radius 2 is 1.50 bits per heavy atom. The van der Waals surface area contributed by atoms with Crippen LogP contribution in [0.15, 0.2) is 67.0 Å². The molecule has 3 aromatic rings. The minimum absolute atomic E-state index is 0.798. The highest BCUT2D eigenvalue weighted by Gasteiger charge is 2.37. The first-order valence-electron chi connectivity index (χ1n) is 9.50. The number of pyridine rings is 1. The molecule has 1 heterocycles. The van der Waals surface area contributed by atoms with E-state index in [4.69, 9.17) is 13.3 Å². The number of aromatic nitrogens is 1. The molecule has 0 saturated carbocycles. The van der Waals surface area contributed by atoms with Crippen molar-refractivity contribution in [2.45, 2.75) is 19.0 Å². The molecule has 1 aromatic heterocycles. The Labute approximate surface area is 168 Å². The van der Waals surface area contributed by atoms with Gasteiger partial charge in [0.1, 0.15) is 6.54 Å². The third-order valence-electron chi connectivity index (χ3n) is 5.03. The molecule has 0 bridgehead atoms. The van der Waals surface area contributed by atoms with Crippen molar-refractivity contribution in [3.63, 3.8) is 0 Å². The van der Waals surface area contributed by atoms with E-state index >= 15 is 0 Å². The molecule has 28 heavy (non-hydrogen) atoms. The van der Waals surface area contributed by atoms with Gasteiger partial charge in [0.15, 0.2) is 12.4 Å². The summed E-state index contributed by atoms with van der Waals surface area (Å²) in [6.45, 7) is 0.901. The smallest absolute Gasteiger partial charge is 0.377 e. The summed E-state index contributed by atoms with van der Waals surface area (Å²) in [4.78, 5) is 0. The molecule has 3 rings (SSSR count). The van der Waals surface area contributed by atoms with Gasteiger partial charge in [0.2, 0.25) is 0 Å². The number of aryl methyl sites for hydroxylation is 1. The van der Waals surface area contributed by atoms with Crippen molar-refractivity contribution < 1.29 is 17.8 Å². The molecule has 2 aromatic carbocycles. The third kappa shape index (κ3) is 4.94. The Morgan fingerprint density at radius 1 is 0.821 bits per heavy atom. The first-order valence-corrected chi connectivity index (χ1v) is 11.4. The Balaban J connectivity index is 1.62. The zero-order valence-corrected chi connectivity index (χ0v) is 17.8. The maximum absolute atomic E-state index is 5.47. The zero-order chi connectivity index (χ0) is 19.8. The minimum Gasteiger partial charge on any atom is -0.377 e. The number of hydrogen-bond donors (Lipinski definition) is 0. The largest absolute Gasteiger partial charge is 0.500 e. The van der Waals surface area contributed by atoms with Gasteiger partial charge in [-0.15, -0.1) is 0 Å². The molecule has 0 aliphatic rings. The molecule has 4 nitrogen and oxygen atoms in total. The summed E-state index contributed by atoms with van der Waals surface area (Å²) in [6.07, 6.45) is 9.50. The molecule has 0 fully saturated rings. The predicted octanol–water partition coefficient (Wildman–Crippen LogP) is 4.57. The van der Waals surface area contributed by atoms with Crippen LogP contribution in [0.25, 0.3) is 22.9 Å². The Bertz CT molecular complexity index is 907. The minimum atomic E-state index is -2.48. The van der Waals surface area contributed by atoms with E-state index in [1.807, 2.05) is 0 Å². The van der Waals surface area contributed by atoms with Gasteiger partial charge in [-0.1, -0.05) is 54.6 Å². The number of hydrogen-bond acceptors (Lipinski definition) is 3. The average molecular weight is 395 g/mol. The van der Waals surface area contributed by atoms with Crippen LogP contribution >= 0.6 is 0 Å². The van der Waals surface area contributed by atoms with E-state index in [1.165, 1.54) is 21.9 Å². The van der Waals surface area contributed by atoms with Gasteiger partial charge in [-0.2, -0.15) is 0 Å². The lowest BCUT2D eigenvalue weighted by atomic mass is 10.0. The first-order chi connectivity index (χ1) is 13.7. The summed E-state index contributed by atoms with van der Waals surface area (Å²) in [5.41, 5.74) is 2.41. The lowest BCUT2D eigenvalue weighted by Gasteiger charge is -2.23. The van der Waals surface area contributed by atoms with E-state index in [1.54, 1.807) is 21.3 Å². The van der Waals surface area contributed by atoms with Crippen LogP contribution in [0.4, 0.5) is 0 Å². The zero-order valence-electron chi connectivity index (χ0n) is 16.8. The van der Waals surface area contributed by atoms with Crippen molar-refractivity contribution >= 4 is 31.7 Å². The number of benzene rings is 2. The molecule has 0 spiro atoms. The van der Waals surface area contributed by atoms with E-state index in [-0.39, 0.29) is 0 Å². The summed E-state index contributed by atoms with van der Waals surface area (Å²) in [7, 11) is 2.49. The molecule has 0 aliphatic carbocycles. The van der Waals surface area contributed by atoms with Crippen LogP contribution in [0, 0.1) is 0 Å². The van der Waals surface area contributed by atoms with E-state index in [0.717, 1.165) is 19.0 Å². The first kappa shape index (κ1) is 20.4. The van der Waals surface area contributed by atoms with Crippen molar-refractivity contribution in [1.29, 1.82) is 0 Å². The van der Waals surface area contributed by atoms with Gasteiger partial charge in [0.25, 0.3) is 0 Å². The second-order valence-electron chi connectivity index (χ2n) is 6.67. The summed E-state index contributed by atoms with van der Waals surface area (Å²) in [5, 5.41) is 2.53. The van der Waals surface area contributed by atoms with Gasteiger partial charge in [0, 0.05) is 45.9 Å². The number of rotatable bonds is 9. The van der Waals surface area contributed by atoms with Crippen LogP contribution < -0.4 is 4.57 Å². The van der Waals surface area contributed by atoms with Gasteiger partial charge in [0.05, 0.1) is 0 Å². The SMILES string of the molecule is CO[Si](CCC[n+]1ccc(/C=C/c2cccc3ccccc23)cc1)(OC)OC. The molecule has 0 aliphatic heterocycles. The highest BCUT2D eigenvalue weighted by molar-refractivity contribution is 6.60. The standard InChI is InChI=1S/C23H28NO3Si/c1-25-28(26-2,27-3)19-7-16-24-17-14-20(15-18-24)12-13-22-10-6-9-21-8-4-5-11-23(21)22/h4-6,8-15,17-18H,7,16,19H2,1-3H3/q+1/b13-12+. The second-order valence-corrected chi connectivity index (χ2v) is 9.76. The summed E-state index contributed by atoms with van der Waals surface area (Å²) in [5.74, 6) is 0. The maximum Gasteiger partial charge on any atom is 0.500 e. The Kier molecular flexibility index (Phi) is 7.11. The summed E-state index contributed by atoms with van der Waals surface area (Å²) >= 11 is 0. The van der Waals surface area contributed by atoms with Crippen molar-refractivity contribution in [3.05, 3.63) is 78.1 Å². The molecule has 0 N–H and O–H groups in total. The fraction of sp³-hybridized carbons (Fsp3) is 0.261. The van der Waals surface area contributed by atoms with Crippen molar-refractivity contribution in [3.8, 4) is 0 Å². The lowest BCUT2D eigenvalue weighted by Crippen LogP contribution is -2.44. The molecule has 0 atom stereocenters. The van der Waals surface area contributed by atoms with Crippen LogP contribution in [-0.4, -0.2) is 30.1 Å². The van der Waals surface area contributed by atoms with E-state index in [2.05, 4.69) is 83.7 Å². The van der Waals surface area contributed by atoms with Crippen LogP contribution in [0.2, 0.25) is 6.04 Å². The van der Waals surface area contributed by atoms with Gasteiger partial charge < -0.3 is 13.3 Å². The molecule has 0 radical (unpaired) electrons. The normalized spacial score (nSPS) is 12.1. The van der Waals surface area contributed by atoms with E-state index in [0.29, 0.717) is 0 Å². The molecule has 0 saturated heterocycles. The van der Waals surface area contributed by atoms with Gasteiger partial charge in [-0.05, 0) is 21.9 Å². The number of fused-ring (bicyclic) bond motifs is 1. The quantitative estimate of drug-likeness (QED) is 0.394. The molecule has 0 unspecified atom stereocenters. The second kappa shape index (κ2) is 9.75. The molecule has 5 heteroatoms. The van der Waals surface area contributed by atoms with Gasteiger partial charge >= 0.3 is 8.80 Å². The fourth-order valence-electron chi connectivity index (χ4n) is 3.35. The topological polar surface area (TPSA) is 31.6 Å². The maximum atomic E-state index is 5.47.